The lowest BCUT2D eigenvalue weighted by molar-refractivity contribution is -0.174. The molecule has 2 heterocycles. The molecule has 0 amide bonds. The average molecular weight is 264 g/mol. The van der Waals surface area contributed by atoms with Gasteiger partial charge in [0.2, 0.25) is 11.7 Å². The normalized spacial score (nSPS) is 35.9. The topological polar surface area (TPSA) is 105 Å². The molecule has 0 saturated carbocycles. The molecule has 7 nitrogen and oxygen atoms in total. The first-order valence-electron chi connectivity index (χ1n) is 4.98. The van der Waals surface area contributed by atoms with Crippen molar-refractivity contribution in [3.05, 3.63) is 32.9 Å². The molecule has 1 aliphatic rings. The van der Waals surface area contributed by atoms with Crippen molar-refractivity contribution in [2.45, 2.75) is 31.2 Å². The third-order valence-electron chi connectivity index (χ3n) is 2.69. The van der Waals surface area contributed by atoms with E-state index in [0.717, 1.165) is 6.92 Å². The van der Waals surface area contributed by atoms with E-state index in [1.165, 1.54) is 0 Å². The number of aromatic nitrogens is 2. The summed E-state index contributed by atoms with van der Waals surface area (Å²) in [6, 6.07) is 0. The number of aliphatic hydroxyl groups is 2. The number of hydrogen-bond donors (Lipinski definition) is 3. The van der Waals surface area contributed by atoms with Crippen LogP contribution in [0.1, 0.15) is 13.2 Å². The lowest BCUT2D eigenvalue weighted by Gasteiger charge is -2.17. The summed E-state index contributed by atoms with van der Waals surface area (Å²) in [7, 11) is 0. The minimum absolute atomic E-state index is 0.468. The van der Waals surface area contributed by atoms with Gasteiger partial charge in [-0.15, -0.1) is 0 Å². The molecule has 0 aromatic carbocycles. The van der Waals surface area contributed by atoms with Crippen LogP contribution in [0.25, 0.3) is 0 Å². The van der Waals surface area contributed by atoms with Crippen molar-refractivity contribution in [2.24, 2.45) is 0 Å². The number of aromatic amines is 1. The standard InChI is InChI=1S/C9H10F2N2O5/c1-9(11)5(15)4(14)7(18-9)13-2-3(10)6(16)12-8(13)17/h2,4-5,7,14-15H,1H3,(H,12,16,17). The van der Waals surface area contributed by atoms with Crippen molar-refractivity contribution >= 4 is 0 Å². The highest BCUT2D eigenvalue weighted by atomic mass is 19.2. The van der Waals surface area contributed by atoms with Crippen LogP contribution in [-0.4, -0.2) is 37.8 Å². The van der Waals surface area contributed by atoms with Crippen LogP contribution in [-0.2, 0) is 4.74 Å². The zero-order chi connectivity index (χ0) is 13.7. The summed E-state index contributed by atoms with van der Waals surface area (Å²) in [5, 5.41) is 18.9. The zero-order valence-corrected chi connectivity index (χ0v) is 9.13. The molecule has 0 radical (unpaired) electrons. The smallest absolute Gasteiger partial charge is 0.330 e. The van der Waals surface area contributed by atoms with Crippen molar-refractivity contribution in [3.63, 3.8) is 0 Å². The second-order valence-corrected chi connectivity index (χ2v) is 4.07. The zero-order valence-electron chi connectivity index (χ0n) is 9.13. The number of hydrogen-bond acceptors (Lipinski definition) is 5. The molecule has 18 heavy (non-hydrogen) atoms. The van der Waals surface area contributed by atoms with E-state index in [1.54, 1.807) is 4.98 Å². The first-order valence-corrected chi connectivity index (χ1v) is 4.98. The maximum Gasteiger partial charge on any atom is 0.330 e. The Bertz CT molecular complexity index is 581. The highest BCUT2D eigenvalue weighted by Gasteiger charge is 2.53. The van der Waals surface area contributed by atoms with Crippen molar-refractivity contribution in [2.75, 3.05) is 0 Å². The highest BCUT2D eigenvalue weighted by Crippen LogP contribution is 2.36. The second-order valence-electron chi connectivity index (χ2n) is 4.07. The first kappa shape index (κ1) is 12.9. The van der Waals surface area contributed by atoms with Gasteiger partial charge in [-0.05, 0) is 6.92 Å². The fraction of sp³-hybridized carbons (Fsp3) is 0.556. The van der Waals surface area contributed by atoms with Crippen LogP contribution in [0.5, 0.6) is 0 Å². The van der Waals surface area contributed by atoms with E-state index in [2.05, 4.69) is 4.74 Å². The Morgan fingerprint density at radius 3 is 2.61 bits per heavy atom. The Kier molecular flexibility index (Phi) is 2.84. The quantitative estimate of drug-likeness (QED) is 0.579. The first-order chi connectivity index (χ1) is 8.24. The SMILES string of the molecule is CC1(F)OC(n2cc(F)c(=O)[nH]c2=O)C(O)C1O. The molecule has 1 aromatic heterocycles. The van der Waals surface area contributed by atoms with Crippen LogP contribution in [0.2, 0.25) is 0 Å². The van der Waals surface area contributed by atoms with Crippen molar-refractivity contribution in [1.29, 1.82) is 0 Å². The van der Waals surface area contributed by atoms with Gasteiger partial charge in [0, 0.05) is 0 Å². The van der Waals surface area contributed by atoms with E-state index in [4.69, 9.17) is 0 Å². The molecule has 0 aliphatic carbocycles. The maximum absolute atomic E-state index is 13.6. The molecular weight excluding hydrogens is 254 g/mol. The van der Waals surface area contributed by atoms with Gasteiger partial charge in [-0.25, -0.2) is 9.18 Å². The summed E-state index contributed by atoms with van der Waals surface area (Å²) in [4.78, 5) is 23.8. The Hall–Kier alpha value is -1.58. The largest absolute Gasteiger partial charge is 0.385 e. The number of H-pyrrole nitrogens is 1. The average Bonchev–Trinajstić information content (AvgIpc) is 2.47. The molecule has 1 saturated heterocycles. The summed E-state index contributed by atoms with van der Waals surface area (Å²) in [5.74, 6) is -3.89. The Morgan fingerprint density at radius 1 is 1.50 bits per heavy atom. The number of rotatable bonds is 1. The van der Waals surface area contributed by atoms with Crippen LogP contribution >= 0.6 is 0 Å². The molecule has 1 aromatic rings. The van der Waals surface area contributed by atoms with Crippen LogP contribution in [0.3, 0.4) is 0 Å². The van der Waals surface area contributed by atoms with E-state index < -0.39 is 41.4 Å². The molecule has 2 rings (SSSR count). The predicted molar refractivity (Wildman–Crippen MR) is 52.9 cm³/mol. The summed E-state index contributed by atoms with van der Waals surface area (Å²) in [6.45, 7) is 0.855. The van der Waals surface area contributed by atoms with Gasteiger partial charge < -0.3 is 14.9 Å². The third-order valence-corrected chi connectivity index (χ3v) is 2.69. The molecule has 1 aliphatic heterocycles. The fourth-order valence-corrected chi connectivity index (χ4v) is 1.71. The van der Waals surface area contributed by atoms with Crippen LogP contribution in [0, 0.1) is 5.82 Å². The van der Waals surface area contributed by atoms with Crippen molar-refractivity contribution < 1.29 is 23.7 Å². The predicted octanol–water partition coefficient (Wildman–Crippen LogP) is -1.39. The number of alkyl halides is 1. The lowest BCUT2D eigenvalue weighted by atomic mass is 10.1. The molecule has 0 spiro atoms. The van der Waals surface area contributed by atoms with Gasteiger partial charge in [-0.1, -0.05) is 0 Å². The number of ether oxygens (including phenoxy) is 1. The molecule has 4 unspecified atom stereocenters. The summed E-state index contributed by atoms with van der Waals surface area (Å²) in [5.41, 5.74) is -2.33. The van der Waals surface area contributed by atoms with E-state index >= 15 is 0 Å². The fourth-order valence-electron chi connectivity index (χ4n) is 1.71. The number of aliphatic hydroxyl groups excluding tert-OH is 2. The van der Waals surface area contributed by atoms with Gasteiger partial charge >= 0.3 is 5.69 Å². The minimum atomic E-state index is -2.59. The lowest BCUT2D eigenvalue weighted by Crippen LogP contribution is -2.39. The van der Waals surface area contributed by atoms with E-state index in [-0.39, 0.29) is 0 Å². The van der Waals surface area contributed by atoms with E-state index in [0.29, 0.717) is 10.8 Å². The van der Waals surface area contributed by atoms with Gasteiger partial charge in [0.1, 0.15) is 12.2 Å². The number of nitrogens with one attached hydrogen (secondary N) is 1. The molecule has 4 atom stereocenters. The highest BCUT2D eigenvalue weighted by molar-refractivity contribution is 4.96. The van der Waals surface area contributed by atoms with Crippen molar-refractivity contribution in [3.8, 4) is 0 Å². The van der Waals surface area contributed by atoms with Gasteiger partial charge in [0.25, 0.3) is 5.56 Å². The maximum atomic E-state index is 13.6. The monoisotopic (exact) mass is 264 g/mol. The van der Waals surface area contributed by atoms with E-state index in [9.17, 15) is 28.6 Å². The molecule has 100 valence electrons. The number of halogens is 2. The van der Waals surface area contributed by atoms with Gasteiger partial charge in [-0.3, -0.25) is 14.3 Å². The molecular formula is C9H10F2N2O5. The molecule has 3 N–H and O–H groups in total. The summed E-state index contributed by atoms with van der Waals surface area (Å²) >= 11 is 0. The van der Waals surface area contributed by atoms with Crippen LogP contribution < -0.4 is 11.2 Å². The summed E-state index contributed by atoms with van der Waals surface area (Å²) < 4.78 is 31.7. The molecule has 0 bridgehead atoms. The Balaban J connectivity index is 2.49. The van der Waals surface area contributed by atoms with E-state index in [1.807, 2.05) is 0 Å². The molecule has 9 heteroatoms. The Morgan fingerprint density at radius 2 is 2.11 bits per heavy atom. The second kappa shape index (κ2) is 3.97. The Labute approximate surface area is 98.3 Å². The van der Waals surface area contributed by atoms with Crippen molar-refractivity contribution in [1.82, 2.24) is 9.55 Å². The summed E-state index contributed by atoms with van der Waals surface area (Å²) in [6.07, 6.45) is -4.83. The van der Waals surface area contributed by atoms with Gasteiger partial charge in [-0.2, -0.15) is 4.39 Å². The minimum Gasteiger partial charge on any atom is -0.385 e. The van der Waals surface area contributed by atoms with Crippen LogP contribution in [0.15, 0.2) is 15.8 Å². The van der Waals surface area contributed by atoms with Gasteiger partial charge in [0.05, 0.1) is 6.20 Å². The molecule has 1 fully saturated rings. The third kappa shape index (κ3) is 1.85. The number of nitrogens with zero attached hydrogens (tertiary/aromatic N) is 1. The van der Waals surface area contributed by atoms with Gasteiger partial charge in [0.15, 0.2) is 6.23 Å². The van der Waals surface area contributed by atoms with Crippen LogP contribution in [0.4, 0.5) is 8.78 Å².